The molecule has 0 saturated heterocycles. The molecule has 1 saturated carbocycles. The van der Waals surface area contributed by atoms with Crippen LogP contribution in [0.15, 0.2) is 22.8 Å². The largest absolute Gasteiger partial charge is 0.467 e. The monoisotopic (exact) mass is 251 g/mol. The molecule has 18 heavy (non-hydrogen) atoms. The molecular formula is C14H21NO3. The molecule has 0 atom stereocenters. The van der Waals surface area contributed by atoms with E-state index in [1.807, 2.05) is 17.0 Å². The molecule has 0 radical (unpaired) electrons. The summed E-state index contributed by atoms with van der Waals surface area (Å²) in [6.45, 7) is 0.632. The predicted molar refractivity (Wildman–Crippen MR) is 67.8 cm³/mol. The lowest BCUT2D eigenvalue weighted by atomic mass is 10.1. The highest BCUT2D eigenvalue weighted by Crippen LogP contribution is 2.25. The lowest BCUT2D eigenvalue weighted by molar-refractivity contribution is -0.134. The van der Waals surface area contributed by atoms with Gasteiger partial charge in [-0.2, -0.15) is 0 Å². The number of hydrogen-bond donors (Lipinski definition) is 1. The van der Waals surface area contributed by atoms with E-state index in [1.54, 1.807) is 6.26 Å². The summed E-state index contributed by atoms with van der Waals surface area (Å²) in [4.78, 5) is 14.1. The van der Waals surface area contributed by atoms with E-state index >= 15 is 0 Å². The number of amides is 1. The van der Waals surface area contributed by atoms with Gasteiger partial charge in [-0.25, -0.2) is 0 Å². The Morgan fingerprint density at radius 2 is 2.22 bits per heavy atom. The van der Waals surface area contributed by atoms with Crippen LogP contribution in [0.3, 0.4) is 0 Å². The molecule has 1 aliphatic carbocycles. The van der Waals surface area contributed by atoms with Crippen molar-refractivity contribution in [2.75, 3.05) is 6.61 Å². The summed E-state index contributed by atoms with van der Waals surface area (Å²) in [7, 11) is 0. The molecule has 0 bridgehead atoms. The topological polar surface area (TPSA) is 53.7 Å². The van der Waals surface area contributed by atoms with Crippen molar-refractivity contribution in [3.63, 3.8) is 0 Å². The molecule has 0 aromatic carbocycles. The zero-order valence-corrected chi connectivity index (χ0v) is 10.7. The summed E-state index contributed by atoms with van der Waals surface area (Å²) in [5.41, 5.74) is 0. The molecule has 1 N–H and O–H groups in total. The third-order valence-electron chi connectivity index (χ3n) is 3.54. The Bertz CT molecular complexity index is 355. The quantitative estimate of drug-likeness (QED) is 0.844. The first-order valence-electron chi connectivity index (χ1n) is 6.74. The number of aliphatic hydroxyl groups is 1. The van der Waals surface area contributed by atoms with Crippen molar-refractivity contribution in [3.8, 4) is 0 Å². The molecule has 1 amide bonds. The Hall–Kier alpha value is -1.29. The summed E-state index contributed by atoms with van der Waals surface area (Å²) in [6.07, 6.45) is 7.19. The van der Waals surface area contributed by atoms with Crippen molar-refractivity contribution in [2.45, 2.75) is 51.1 Å². The molecule has 2 rings (SSSR count). The Morgan fingerprint density at radius 3 is 2.83 bits per heavy atom. The van der Waals surface area contributed by atoms with Crippen LogP contribution in [0.4, 0.5) is 0 Å². The molecule has 4 heteroatoms. The van der Waals surface area contributed by atoms with Crippen molar-refractivity contribution in [1.29, 1.82) is 0 Å². The highest BCUT2D eigenvalue weighted by Gasteiger charge is 2.26. The van der Waals surface area contributed by atoms with Gasteiger partial charge in [-0.15, -0.1) is 0 Å². The molecule has 100 valence electrons. The number of carbonyl (C=O) groups excluding carboxylic acids is 1. The maximum atomic E-state index is 12.2. The van der Waals surface area contributed by atoms with E-state index in [1.165, 1.54) is 12.8 Å². The van der Waals surface area contributed by atoms with Crippen LogP contribution in [0.2, 0.25) is 0 Å². The van der Waals surface area contributed by atoms with Crippen LogP contribution in [-0.4, -0.2) is 28.6 Å². The summed E-state index contributed by atoms with van der Waals surface area (Å²) in [6, 6.07) is 4.10. The average molecular weight is 251 g/mol. The van der Waals surface area contributed by atoms with Crippen molar-refractivity contribution in [1.82, 2.24) is 4.90 Å². The van der Waals surface area contributed by atoms with E-state index in [4.69, 9.17) is 9.52 Å². The number of hydrogen-bond acceptors (Lipinski definition) is 3. The van der Waals surface area contributed by atoms with Gasteiger partial charge in [-0.1, -0.05) is 12.8 Å². The highest BCUT2D eigenvalue weighted by atomic mass is 16.3. The minimum absolute atomic E-state index is 0.0744. The minimum Gasteiger partial charge on any atom is -0.467 e. The highest BCUT2D eigenvalue weighted by molar-refractivity contribution is 5.76. The third-order valence-corrected chi connectivity index (χ3v) is 3.54. The van der Waals surface area contributed by atoms with Gasteiger partial charge in [-0.05, 0) is 31.4 Å². The maximum absolute atomic E-state index is 12.2. The molecule has 1 aromatic heterocycles. The average Bonchev–Trinajstić information content (AvgIpc) is 3.05. The molecule has 1 fully saturated rings. The lowest BCUT2D eigenvalue weighted by Gasteiger charge is -2.28. The van der Waals surface area contributed by atoms with Gasteiger partial charge >= 0.3 is 0 Å². The number of aliphatic hydroxyl groups excluding tert-OH is 1. The second kappa shape index (κ2) is 6.59. The third kappa shape index (κ3) is 3.35. The van der Waals surface area contributed by atoms with Crippen molar-refractivity contribution in [3.05, 3.63) is 24.2 Å². The van der Waals surface area contributed by atoms with E-state index in [2.05, 4.69) is 0 Å². The van der Waals surface area contributed by atoms with Crippen LogP contribution in [-0.2, 0) is 11.3 Å². The van der Waals surface area contributed by atoms with Gasteiger partial charge in [0.2, 0.25) is 5.91 Å². The van der Waals surface area contributed by atoms with Crippen LogP contribution in [0.25, 0.3) is 0 Å². The molecule has 1 aliphatic rings. The summed E-state index contributed by atoms with van der Waals surface area (Å²) < 4.78 is 5.33. The van der Waals surface area contributed by atoms with Crippen LogP contribution >= 0.6 is 0 Å². The van der Waals surface area contributed by atoms with Crippen LogP contribution in [0.1, 0.15) is 44.3 Å². The number of rotatable bonds is 6. The van der Waals surface area contributed by atoms with E-state index in [-0.39, 0.29) is 12.5 Å². The fourth-order valence-corrected chi connectivity index (χ4v) is 2.58. The van der Waals surface area contributed by atoms with Crippen LogP contribution in [0.5, 0.6) is 0 Å². The van der Waals surface area contributed by atoms with E-state index in [0.29, 0.717) is 25.4 Å². The fourth-order valence-electron chi connectivity index (χ4n) is 2.58. The molecule has 0 unspecified atom stereocenters. The van der Waals surface area contributed by atoms with E-state index < -0.39 is 0 Å². The zero-order valence-electron chi connectivity index (χ0n) is 10.7. The van der Waals surface area contributed by atoms with Gasteiger partial charge in [0.05, 0.1) is 12.8 Å². The summed E-state index contributed by atoms with van der Waals surface area (Å²) >= 11 is 0. The van der Waals surface area contributed by atoms with E-state index in [0.717, 1.165) is 18.6 Å². The molecule has 4 nitrogen and oxygen atoms in total. The smallest absolute Gasteiger partial charge is 0.223 e. The predicted octanol–water partition coefficient (Wildman–Crippen LogP) is 2.32. The molecule has 0 spiro atoms. The van der Waals surface area contributed by atoms with Gasteiger partial charge in [-0.3, -0.25) is 4.79 Å². The number of furan rings is 1. The number of carbonyl (C=O) groups is 1. The molecule has 1 heterocycles. The molecule has 1 aromatic rings. The SMILES string of the molecule is O=C(CCCO)N(Cc1ccco1)C1CCCC1. The second-order valence-corrected chi connectivity index (χ2v) is 4.87. The van der Waals surface area contributed by atoms with Crippen molar-refractivity contribution < 1.29 is 14.3 Å². The Kier molecular flexibility index (Phi) is 4.81. The normalized spacial score (nSPS) is 16.1. The summed E-state index contributed by atoms with van der Waals surface area (Å²) in [5, 5.41) is 8.83. The lowest BCUT2D eigenvalue weighted by Crippen LogP contribution is -2.38. The number of nitrogens with zero attached hydrogens (tertiary/aromatic N) is 1. The first-order chi connectivity index (χ1) is 8.81. The van der Waals surface area contributed by atoms with Crippen LogP contribution in [0, 0.1) is 0 Å². The van der Waals surface area contributed by atoms with Gasteiger partial charge in [0.1, 0.15) is 5.76 Å². The second-order valence-electron chi connectivity index (χ2n) is 4.87. The van der Waals surface area contributed by atoms with Gasteiger partial charge in [0, 0.05) is 19.1 Å². The fraction of sp³-hybridized carbons (Fsp3) is 0.643. The van der Waals surface area contributed by atoms with Gasteiger partial charge < -0.3 is 14.4 Å². The maximum Gasteiger partial charge on any atom is 0.223 e. The zero-order chi connectivity index (χ0) is 12.8. The summed E-state index contributed by atoms with van der Waals surface area (Å²) in [5.74, 6) is 0.964. The molecular weight excluding hydrogens is 230 g/mol. The van der Waals surface area contributed by atoms with Gasteiger partial charge in [0.15, 0.2) is 0 Å². The van der Waals surface area contributed by atoms with E-state index in [9.17, 15) is 4.79 Å². The Morgan fingerprint density at radius 1 is 1.44 bits per heavy atom. The Balaban J connectivity index is 1.99. The first-order valence-corrected chi connectivity index (χ1v) is 6.74. The van der Waals surface area contributed by atoms with Crippen molar-refractivity contribution >= 4 is 5.91 Å². The minimum atomic E-state index is 0.0744. The Labute approximate surface area is 108 Å². The standard InChI is InChI=1S/C14H21NO3/c16-9-3-8-14(17)15(12-5-1-2-6-12)11-13-7-4-10-18-13/h4,7,10,12,16H,1-3,5-6,8-9,11H2. The first kappa shape index (κ1) is 13.1. The molecule has 0 aliphatic heterocycles. The van der Waals surface area contributed by atoms with Crippen LogP contribution < -0.4 is 0 Å². The van der Waals surface area contributed by atoms with Gasteiger partial charge in [0.25, 0.3) is 0 Å². The van der Waals surface area contributed by atoms with Crippen molar-refractivity contribution in [2.24, 2.45) is 0 Å².